The lowest BCUT2D eigenvalue weighted by Gasteiger charge is -2.43. The van der Waals surface area contributed by atoms with Crippen LogP contribution in [-0.4, -0.2) is 143 Å². The molecule has 6 saturated heterocycles. The number of esters is 2. The third kappa shape index (κ3) is 25.2. The number of aliphatic hydroxyl groups excluding tert-OH is 1. The number of hydrogen-bond donors (Lipinski definition) is 2. The van der Waals surface area contributed by atoms with Gasteiger partial charge in [-0.15, -0.1) is 0 Å². The number of nitro benzene ring substituents is 2. The van der Waals surface area contributed by atoms with Crippen LogP contribution in [0.25, 0.3) is 0 Å². The van der Waals surface area contributed by atoms with E-state index in [1.54, 1.807) is 97.1 Å². The average molecular weight is 1720 g/mol. The number of benzene rings is 9. The number of rotatable bonds is 31. The molecule has 652 valence electrons. The van der Waals surface area contributed by atoms with Crippen LogP contribution in [0.3, 0.4) is 0 Å². The van der Waals surface area contributed by atoms with E-state index in [4.69, 9.17) is 41.3 Å². The largest absolute Gasteiger partial charge is 0.465 e. The monoisotopic (exact) mass is 1710 g/mol. The van der Waals surface area contributed by atoms with Crippen LogP contribution >= 0.6 is 11.9 Å². The molecule has 27 heteroatoms. The molecule has 0 aliphatic carbocycles. The first-order chi connectivity index (χ1) is 59.3. The summed E-state index contributed by atoms with van der Waals surface area (Å²) in [7, 11) is 6.37. The fraction of sp³-hybridized carbons (Fsp3) is 0.406. The van der Waals surface area contributed by atoms with Crippen LogP contribution in [0.4, 0.5) is 43.4 Å². The minimum atomic E-state index is -0.524. The molecule has 12 atom stereocenters. The molecule has 6 fully saturated rings. The second-order valence-corrected chi connectivity index (χ2v) is 32.9. The summed E-state index contributed by atoms with van der Waals surface area (Å²) in [6, 6.07) is 59.6. The Bertz CT molecular complexity index is 4750. The zero-order chi connectivity index (χ0) is 87.2. The maximum Gasteiger partial charge on any atom is 0.324 e. The minimum Gasteiger partial charge on any atom is -0.465 e. The van der Waals surface area contributed by atoms with Crippen molar-refractivity contribution in [3.05, 3.63) is 324 Å². The lowest BCUT2D eigenvalue weighted by molar-refractivity contribution is -0.385. The van der Waals surface area contributed by atoms with Gasteiger partial charge >= 0.3 is 17.9 Å². The van der Waals surface area contributed by atoms with Crippen LogP contribution in [0.5, 0.6) is 0 Å². The van der Waals surface area contributed by atoms with Crippen molar-refractivity contribution < 1.29 is 83.7 Å². The number of carbonyl (C=O) groups excluding carboxylic acids is 3. The van der Waals surface area contributed by atoms with Crippen LogP contribution in [0, 0.1) is 72.9 Å². The van der Waals surface area contributed by atoms with Crippen LogP contribution in [-0.2, 0) is 61.6 Å². The topological polar surface area (TPSA) is 249 Å². The Morgan fingerprint density at radius 2 is 0.650 bits per heavy atom. The Morgan fingerprint density at radius 1 is 0.398 bits per heavy atom. The van der Waals surface area contributed by atoms with Crippen LogP contribution in [0.2, 0.25) is 0 Å². The maximum absolute atomic E-state index is 13.7. The van der Waals surface area contributed by atoms with Gasteiger partial charge in [0.2, 0.25) is 0 Å². The van der Waals surface area contributed by atoms with Gasteiger partial charge in [-0.1, -0.05) is 109 Å². The van der Waals surface area contributed by atoms with Crippen LogP contribution < -0.4 is 5.73 Å². The molecule has 3 N–H and O–H groups in total. The predicted molar refractivity (Wildman–Crippen MR) is 453 cm³/mol. The molecule has 20 nitrogen and oxygen atoms in total. The lowest BCUT2D eigenvalue weighted by Crippen LogP contribution is -2.52. The first-order valence-electron chi connectivity index (χ1n) is 42.0. The number of aryl methyl sites for hydroxylation is 3. The summed E-state index contributed by atoms with van der Waals surface area (Å²) in [6.45, 7) is 0.584. The minimum absolute atomic E-state index is 0.00167. The molecule has 0 amide bonds. The SMILES string of the molecule is CN1C2CCC1[C@@H](CO)[C@@H](OC(c1ccc(F)cc1)c1ccc(F)cc1)C2.CN1C2CCC1[C@@H](COC(=O)CCCc1ccc(N)cc1)[C@@H](OC(c1ccc(F)cc1)c1ccc(F)cc1)C2.CN1C2CCC1[C@@H](COC(=O)CCCc1ccc([N+](=O)[O-])cc1)[C@@H](OC(c1ccc(F)cc1)c1ccc(F)cc1)C2.O=C(CCCc1ccc([N+](=O)[O-])cc1)OCl. The number of nitrogens with zero attached hydrogens (tertiary/aromatic N) is 5. The number of anilines is 1. The van der Waals surface area contributed by atoms with Crippen molar-refractivity contribution in [2.45, 2.75) is 188 Å². The molecular weight excluding hydrogens is 1610 g/mol. The fourth-order valence-electron chi connectivity index (χ4n) is 18.3. The van der Waals surface area contributed by atoms with Gasteiger partial charge in [-0.25, -0.2) is 26.3 Å². The zero-order valence-corrected chi connectivity index (χ0v) is 69.8. The number of piperidine rings is 3. The summed E-state index contributed by atoms with van der Waals surface area (Å²) in [5, 5.41) is 31.2. The van der Waals surface area contributed by atoms with Gasteiger partial charge in [0, 0.05) is 110 Å². The smallest absolute Gasteiger partial charge is 0.324 e. The van der Waals surface area contributed by atoms with Gasteiger partial charge in [-0.05, 0) is 252 Å². The number of nitrogen functional groups attached to an aromatic ring is 1. The van der Waals surface area contributed by atoms with E-state index in [0.29, 0.717) is 62.7 Å². The highest BCUT2D eigenvalue weighted by Gasteiger charge is 2.50. The molecule has 0 radical (unpaired) electrons. The number of hydrogen-bond acceptors (Lipinski definition) is 18. The van der Waals surface area contributed by atoms with Gasteiger partial charge in [0.05, 0.1) is 41.4 Å². The summed E-state index contributed by atoms with van der Waals surface area (Å²) in [5.74, 6) is -2.93. The molecule has 6 unspecified atom stereocenters. The highest BCUT2D eigenvalue weighted by molar-refractivity contribution is 6.13. The fourth-order valence-corrected chi connectivity index (χ4v) is 18.3. The third-order valence-electron chi connectivity index (χ3n) is 25.1. The quantitative estimate of drug-likeness (QED) is 0.0135. The molecule has 0 aromatic heterocycles. The number of fused-ring (bicyclic) bond motifs is 6. The van der Waals surface area contributed by atoms with Crippen LogP contribution in [0.1, 0.15) is 165 Å². The Kier molecular flexibility index (Phi) is 33.0. The predicted octanol–water partition coefficient (Wildman–Crippen LogP) is 19.0. The van der Waals surface area contributed by atoms with E-state index in [0.717, 1.165) is 120 Å². The standard InChI is InChI=1S/C32H34F2N2O5.C32H36F2N2O3.C22H25F2NO2.C10H10ClNO4/c1-35-27-17-18-29(35)28(20-40-31(37)4-2-3-21-5-15-26(16-6-21)36(38)39)30(19-27)41-32(22-7-11-24(33)12-8-22)23-9-13-25(34)14-10-23;1-36-27-17-18-29(36)28(20-38-31(37)4-2-3-21-5-15-26(35)16-6-21)30(19-27)39-32(22-7-11-24(33)12-8-22)23-9-13-25(34)14-10-23;1-25-18-10-11-20(25)19(13-26)21(12-18)27-22(14-2-6-16(23)7-3-14)15-4-8-17(24)9-5-15;11-16-10(13)3-1-2-8-4-6-9(7-5-8)12(14)15/h5-16,27-30,32H,2-4,17-20H2,1H3;5-16,27-30,32H,2-4,17-20,35H2,1H3;2-9,18-22,26H,10-13H2,1H3;4-7H,1-3H2/t2*27?,28-,29?,30+;18?,19-,20?,21+;/m111./s1. The molecule has 123 heavy (non-hydrogen) atoms. The second-order valence-electron chi connectivity index (χ2n) is 32.7. The van der Waals surface area contributed by atoms with Gasteiger partial charge in [0.15, 0.2) is 0 Å². The molecule has 9 aromatic carbocycles. The molecule has 6 aliphatic heterocycles. The van der Waals surface area contributed by atoms with E-state index in [1.165, 1.54) is 97.1 Å². The number of ether oxygens (including phenoxy) is 5. The Balaban J connectivity index is 0.000000157. The summed E-state index contributed by atoms with van der Waals surface area (Å²) in [4.78, 5) is 63.6. The number of halogens is 7. The zero-order valence-electron chi connectivity index (χ0n) is 69.0. The normalized spacial score (nSPS) is 22.0. The highest BCUT2D eigenvalue weighted by atomic mass is 35.5. The summed E-state index contributed by atoms with van der Waals surface area (Å²) in [5.41, 5.74) is 14.4. The van der Waals surface area contributed by atoms with Crippen molar-refractivity contribution in [1.29, 1.82) is 0 Å². The van der Waals surface area contributed by atoms with Gasteiger partial charge in [0.25, 0.3) is 11.4 Å². The van der Waals surface area contributed by atoms with Crippen molar-refractivity contribution in [3.63, 3.8) is 0 Å². The van der Waals surface area contributed by atoms with E-state index in [1.807, 2.05) is 24.3 Å². The molecule has 0 spiro atoms. The van der Waals surface area contributed by atoms with Crippen molar-refractivity contribution in [3.8, 4) is 0 Å². The van der Waals surface area contributed by atoms with E-state index in [9.17, 15) is 66.1 Å². The van der Waals surface area contributed by atoms with Crippen molar-refractivity contribution in [2.24, 2.45) is 17.8 Å². The number of nitrogens with two attached hydrogens (primary N) is 1. The number of carbonyl (C=O) groups is 3. The molecular formula is C96H105ClF6N6O14. The van der Waals surface area contributed by atoms with Gasteiger partial charge < -0.3 is 38.8 Å². The summed E-state index contributed by atoms with van der Waals surface area (Å²) in [6.07, 6.45) is 11.6. The maximum atomic E-state index is 13.7. The number of nitro groups is 2. The highest BCUT2D eigenvalue weighted by Crippen LogP contribution is 2.46. The Hall–Kier alpha value is -10.4. The van der Waals surface area contributed by atoms with Crippen molar-refractivity contribution >= 4 is 46.8 Å². The lowest BCUT2D eigenvalue weighted by atomic mass is 9.87. The Morgan fingerprint density at radius 3 is 0.911 bits per heavy atom. The first kappa shape index (κ1) is 91.8. The molecule has 0 saturated carbocycles. The first-order valence-corrected chi connectivity index (χ1v) is 42.4. The molecule has 9 aromatic rings. The summed E-state index contributed by atoms with van der Waals surface area (Å²) < 4.78 is 117. The van der Waals surface area contributed by atoms with Crippen molar-refractivity contribution in [2.75, 3.05) is 46.7 Å². The molecule has 6 aliphatic rings. The number of aliphatic hydroxyl groups is 1. The van der Waals surface area contributed by atoms with Gasteiger partial charge in [0.1, 0.15) is 65.1 Å². The summed E-state index contributed by atoms with van der Waals surface area (Å²) >= 11 is 4.86. The van der Waals surface area contributed by atoms with Crippen molar-refractivity contribution in [1.82, 2.24) is 14.7 Å². The van der Waals surface area contributed by atoms with E-state index in [-0.39, 0.29) is 139 Å². The molecule has 6 heterocycles. The Labute approximate surface area is 718 Å². The van der Waals surface area contributed by atoms with Crippen LogP contribution in [0.15, 0.2) is 218 Å². The van der Waals surface area contributed by atoms with Gasteiger partial charge in [-0.3, -0.25) is 49.3 Å². The van der Waals surface area contributed by atoms with E-state index < -0.39 is 34.1 Å². The third-order valence-corrected chi connectivity index (χ3v) is 25.2. The second kappa shape index (κ2) is 44.3. The van der Waals surface area contributed by atoms with Gasteiger partial charge in [-0.2, -0.15) is 0 Å². The number of non-ortho nitro benzene ring substituents is 2. The molecule has 15 rings (SSSR count). The van der Waals surface area contributed by atoms with E-state index >= 15 is 0 Å². The average Bonchev–Trinajstić information content (AvgIpc) is 1.68. The molecule has 6 bridgehead atoms. The van der Waals surface area contributed by atoms with E-state index in [2.05, 4.69) is 40.1 Å².